The second-order valence-corrected chi connectivity index (χ2v) is 7.82. The average molecular weight is 436 g/mol. The minimum atomic E-state index is -0.353. The van der Waals surface area contributed by atoms with E-state index in [2.05, 4.69) is 5.32 Å². The lowest BCUT2D eigenvalue weighted by atomic mass is 10.1. The first-order valence-corrected chi connectivity index (χ1v) is 11.0. The van der Waals surface area contributed by atoms with Gasteiger partial charge in [-0.2, -0.15) is 0 Å². The molecular weight excluding hydrogens is 410 g/mol. The number of carbonyl (C=O) groups excluding carboxylic acids is 3. The molecule has 0 unspecified atom stereocenters. The Morgan fingerprint density at radius 3 is 2.32 bits per heavy atom. The number of rotatable bonds is 7. The summed E-state index contributed by atoms with van der Waals surface area (Å²) in [6.07, 6.45) is 0. The van der Waals surface area contributed by atoms with E-state index in [-0.39, 0.29) is 17.7 Å². The van der Waals surface area contributed by atoms with Gasteiger partial charge in [0.15, 0.2) is 0 Å². The summed E-state index contributed by atoms with van der Waals surface area (Å²) >= 11 is 1.35. The molecule has 0 saturated carbocycles. The molecule has 0 bridgehead atoms. The van der Waals surface area contributed by atoms with E-state index >= 15 is 0 Å². The van der Waals surface area contributed by atoms with E-state index in [4.69, 9.17) is 0 Å². The standard InChI is InChI=1S/C24H25N3O3S/c1-4-27(5-2)23(29)17-10-8-11-18(16-17)25-22(28)19-12-6-7-13-20(19)26(3)24(30)21-14-9-15-31-21/h6-16H,4-5H2,1-3H3,(H,25,28). The highest BCUT2D eigenvalue weighted by Crippen LogP contribution is 2.24. The first-order valence-electron chi connectivity index (χ1n) is 10.1. The molecule has 0 aliphatic rings. The van der Waals surface area contributed by atoms with Gasteiger partial charge in [-0.15, -0.1) is 11.3 Å². The molecule has 0 fully saturated rings. The number of hydrogen-bond acceptors (Lipinski definition) is 4. The van der Waals surface area contributed by atoms with Crippen LogP contribution in [-0.4, -0.2) is 42.8 Å². The van der Waals surface area contributed by atoms with Gasteiger partial charge in [-0.05, 0) is 55.6 Å². The maximum atomic E-state index is 13.0. The van der Waals surface area contributed by atoms with E-state index in [1.807, 2.05) is 25.3 Å². The molecule has 0 atom stereocenters. The molecule has 3 rings (SSSR count). The van der Waals surface area contributed by atoms with Gasteiger partial charge in [-0.1, -0.05) is 24.3 Å². The lowest BCUT2D eigenvalue weighted by molar-refractivity contribution is 0.0772. The van der Waals surface area contributed by atoms with Crippen LogP contribution in [0.1, 0.15) is 44.2 Å². The van der Waals surface area contributed by atoms with Crippen molar-refractivity contribution in [2.75, 3.05) is 30.4 Å². The summed E-state index contributed by atoms with van der Waals surface area (Å²) in [4.78, 5) is 42.2. The van der Waals surface area contributed by atoms with Crippen molar-refractivity contribution in [2.24, 2.45) is 0 Å². The molecule has 0 saturated heterocycles. The normalized spacial score (nSPS) is 10.4. The van der Waals surface area contributed by atoms with Crippen molar-refractivity contribution < 1.29 is 14.4 Å². The third-order valence-corrected chi connectivity index (χ3v) is 5.82. The number of thiophene rings is 1. The molecule has 31 heavy (non-hydrogen) atoms. The Balaban J connectivity index is 1.83. The molecule has 6 nitrogen and oxygen atoms in total. The Labute approximate surface area is 186 Å². The minimum Gasteiger partial charge on any atom is -0.339 e. The Morgan fingerprint density at radius 2 is 1.65 bits per heavy atom. The van der Waals surface area contributed by atoms with Crippen LogP contribution in [0, 0.1) is 0 Å². The van der Waals surface area contributed by atoms with Crippen LogP contribution in [-0.2, 0) is 0 Å². The van der Waals surface area contributed by atoms with Gasteiger partial charge < -0.3 is 15.1 Å². The number of hydrogen-bond donors (Lipinski definition) is 1. The fourth-order valence-corrected chi connectivity index (χ4v) is 3.95. The zero-order valence-corrected chi connectivity index (χ0v) is 18.6. The predicted octanol–water partition coefficient (Wildman–Crippen LogP) is 4.76. The summed E-state index contributed by atoms with van der Waals surface area (Å²) in [5.74, 6) is -0.612. The van der Waals surface area contributed by atoms with E-state index < -0.39 is 0 Å². The van der Waals surface area contributed by atoms with Crippen molar-refractivity contribution in [3.05, 3.63) is 82.0 Å². The first kappa shape index (κ1) is 22.2. The van der Waals surface area contributed by atoms with E-state index in [0.29, 0.717) is 40.5 Å². The smallest absolute Gasteiger partial charge is 0.268 e. The molecule has 2 aromatic carbocycles. The second kappa shape index (κ2) is 10.0. The molecule has 3 amide bonds. The van der Waals surface area contributed by atoms with Crippen LogP contribution >= 0.6 is 11.3 Å². The Morgan fingerprint density at radius 1 is 0.903 bits per heavy atom. The Bertz CT molecular complexity index is 1080. The van der Waals surface area contributed by atoms with Crippen LogP contribution in [0.25, 0.3) is 0 Å². The highest BCUT2D eigenvalue weighted by atomic mass is 32.1. The monoisotopic (exact) mass is 435 g/mol. The highest BCUT2D eigenvalue weighted by molar-refractivity contribution is 7.12. The van der Waals surface area contributed by atoms with Gasteiger partial charge in [-0.25, -0.2) is 0 Å². The van der Waals surface area contributed by atoms with Crippen LogP contribution < -0.4 is 10.2 Å². The fraction of sp³-hybridized carbons (Fsp3) is 0.208. The van der Waals surface area contributed by atoms with Gasteiger partial charge in [-0.3, -0.25) is 14.4 Å². The molecular formula is C24H25N3O3S. The summed E-state index contributed by atoms with van der Waals surface area (Å²) in [7, 11) is 1.65. The minimum absolute atomic E-state index is 0.0808. The molecule has 7 heteroatoms. The van der Waals surface area contributed by atoms with Crippen LogP contribution in [0.2, 0.25) is 0 Å². The fourth-order valence-electron chi connectivity index (χ4n) is 3.25. The molecule has 1 aromatic heterocycles. The summed E-state index contributed by atoms with van der Waals surface area (Å²) in [6, 6.07) is 17.4. The number of para-hydroxylation sites is 1. The van der Waals surface area contributed by atoms with E-state index in [9.17, 15) is 14.4 Å². The van der Waals surface area contributed by atoms with Crippen molar-refractivity contribution in [3.8, 4) is 0 Å². The summed E-state index contributed by atoms with van der Waals surface area (Å²) in [5.41, 5.74) is 1.91. The zero-order chi connectivity index (χ0) is 22.4. The first-order chi connectivity index (χ1) is 15.0. The van der Waals surface area contributed by atoms with Crippen LogP contribution in [0.4, 0.5) is 11.4 Å². The molecule has 1 N–H and O–H groups in total. The molecule has 1 heterocycles. The van der Waals surface area contributed by atoms with E-state index in [1.165, 1.54) is 16.2 Å². The lowest BCUT2D eigenvalue weighted by Gasteiger charge is -2.20. The lowest BCUT2D eigenvalue weighted by Crippen LogP contribution is -2.30. The molecule has 3 aromatic rings. The van der Waals surface area contributed by atoms with Crippen molar-refractivity contribution in [2.45, 2.75) is 13.8 Å². The SMILES string of the molecule is CCN(CC)C(=O)c1cccc(NC(=O)c2ccccc2N(C)C(=O)c2cccs2)c1. The number of anilines is 2. The Kier molecular flexibility index (Phi) is 7.20. The third-order valence-electron chi connectivity index (χ3n) is 4.96. The van der Waals surface area contributed by atoms with Gasteiger partial charge >= 0.3 is 0 Å². The third kappa shape index (κ3) is 5.00. The predicted molar refractivity (Wildman–Crippen MR) is 125 cm³/mol. The summed E-state index contributed by atoms with van der Waals surface area (Å²) < 4.78 is 0. The maximum Gasteiger partial charge on any atom is 0.268 e. The quantitative estimate of drug-likeness (QED) is 0.582. The van der Waals surface area contributed by atoms with Gasteiger partial charge in [0.25, 0.3) is 17.7 Å². The maximum absolute atomic E-state index is 13.0. The molecule has 0 spiro atoms. The highest BCUT2D eigenvalue weighted by Gasteiger charge is 2.20. The van der Waals surface area contributed by atoms with Crippen LogP contribution in [0.3, 0.4) is 0 Å². The van der Waals surface area contributed by atoms with Crippen molar-refractivity contribution in [3.63, 3.8) is 0 Å². The van der Waals surface area contributed by atoms with Crippen molar-refractivity contribution in [1.82, 2.24) is 4.90 Å². The van der Waals surface area contributed by atoms with Crippen LogP contribution in [0.15, 0.2) is 66.0 Å². The van der Waals surface area contributed by atoms with Gasteiger partial charge in [0.1, 0.15) is 0 Å². The van der Waals surface area contributed by atoms with E-state index in [0.717, 1.165) is 0 Å². The van der Waals surface area contributed by atoms with Crippen molar-refractivity contribution in [1.29, 1.82) is 0 Å². The Hall–Kier alpha value is -3.45. The summed E-state index contributed by atoms with van der Waals surface area (Å²) in [5, 5.41) is 4.69. The number of carbonyl (C=O) groups is 3. The number of nitrogens with one attached hydrogen (secondary N) is 1. The average Bonchev–Trinajstić information content (AvgIpc) is 3.34. The van der Waals surface area contributed by atoms with Gasteiger partial charge in [0, 0.05) is 31.4 Å². The van der Waals surface area contributed by atoms with Crippen LogP contribution in [0.5, 0.6) is 0 Å². The number of nitrogens with zero attached hydrogens (tertiary/aromatic N) is 2. The molecule has 0 aliphatic heterocycles. The van der Waals surface area contributed by atoms with Gasteiger partial charge in [0.05, 0.1) is 16.1 Å². The van der Waals surface area contributed by atoms with E-state index in [1.54, 1.807) is 66.5 Å². The second-order valence-electron chi connectivity index (χ2n) is 6.87. The molecule has 160 valence electrons. The van der Waals surface area contributed by atoms with Gasteiger partial charge in [0.2, 0.25) is 0 Å². The molecule has 0 aliphatic carbocycles. The molecule has 0 radical (unpaired) electrons. The topological polar surface area (TPSA) is 69.7 Å². The largest absolute Gasteiger partial charge is 0.339 e. The summed E-state index contributed by atoms with van der Waals surface area (Å²) in [6.45, 7) is 5.09. The number of amides is 3. The zero-order valence-electron chi connectivity index (χ0n) is 17.8. The number of benzene rings is 2. The van der Waals surface area contributed by atoms with Crippen molar-refractivity contribution >= 4 is 40.4 Å².